The summed E-state index contributed by atoms with van der Waals surface area (Å²) in [5.41, 5.74) is 7.75. The van der Waals surface area contributed by atoms with Crippen LogP contribution in [0.25, 0.3) is 16.9 Å². The quantitative estimate of drug-likeness (QED) is 0.399. The summed E-state index contributed by atoms with van der Waals surface area (Å²) in [6, 6.07) is 16.0. The van der Waals surface area contributed by atoms with Gasteiger partial charge in [0.25, 0.3) is 0 Å². The average Bonchev–Trinajstić information content (AvgIpc) is 3.24. The molecule has 0 unspecified atom stereocenters. The van der Waals surface area contributed by atoms with E-state index < -0.39 is 0 Å². The van der Waals surface area contributed by atoms with Gasteiger partial charge in [0.05, 0.1) is 36.9 Å². The first-order valence-electron chi connectivity index (χ1n) is 10.3. The highest BCUT2D eigenvalue weighted by Crippen LogP contribution is 2.27. The Labute approximate surface area is 180 Å². The Morgan fingerprint density at radius 3 is 2.81 bits per heavy atom. The molecule has 8 heteroatoms. The van der Waals surface area contributed by atoms with Gasteiger partial charge in [-0.25, -0.2) is 4.98 Å². The molecule has 3 aromatic heterocycles. The Hall–Kier alpha value is -3.78. The zero-order valence-corrected chi connectivity index (χ0v) is 17.3. The summed E-state index contributed by atoms with van der Waals surface area (Å²) in [6.45, 7) is 5.03. The highest BCUT2D eigenvalue weighted by Gasteiger charge is 2.19. The minimum Gasteiger partial charge on any atom is -0.378 e. The van der Waals surface area contributed by atoms with Gasteiger partial charge in [-0.15, -0.1) is 0 Å². The van der Waals surface area contributed by atoms with Crippen molar-refractivity contribution in [3.05, 3.63) is 72.1 Å². The summed E-state index contributed by atoms with van der Waals surface area (Å²) < 4.78 is 7.39. The fourth-order valence-corrected chi connectivity index (χ4v) is 3.65. The Kier molecular flexibility index (Phi) is 5.28. The van der Waals surface area contributed by atoms with Crippen molar-refractivity contribution in [3.63, 3.8) is 0 Å². The topological polar surface area (TPSA) is 79.9 Å². The molecular weight excluding hydrogens is 390 g/mol. The summed E-state index contributed by atoms with van der Waals surface area (Å²) in [5, 5.41) is 9.02. The third-order valence-electron chi connectivity index (χ3n) is 5.16. The molecule has 1 aromatic carbocycles. The van der Waals surface area contributed by atoms with Crippen LogP contribution in [0.15, 0.2) is 66.0 Å². The molecule has 1 N–H and O–H groups in total. The van der Waals surface area contributed by atoms with Crippen molar-refractivity contribution in [1.29, 1.82) is 0 Å². The highest BCUT2D eigenvalue weighted by atomic mass is 16.5. The van der Waals surface area contributed by atoms with Crippen molar-refractivity contribution in [2.45, 2.75) is 6.92 Å². The molecule has 1 aliphatic rings. The summed E-state index contributed by atoms with van der Waals surface area (Å²) in [6.07, 6.45) is 5.38. The van der Waals surface area contributed by atoms with E-state index in [2.05, 4.69) is 44.6 Å². The van der Waals surface area contributed by atoms with Crippen molar-refractivity contribution < 1.29 is 4.74 Å². The molecule has 0 radical (unpaired) electrons. The number of nitrogens with one attached hydrogen (secondary N) is 1. The standard InChI is InChI=1S/C23H23N7O/c1-17-5-4-6-18(13-17)15-25-28-21-14-22(29-9-11-31-12-10-29)30-23(27-21)19(16-26-30)20-7-2-3-8-24-20/h2-8,13-16H,9-12H2,1H3,(H,27,28). The molecule has 1 saturated heterocycles. The highest BCUT2D eigenvalue weighted by molar-refractivity contribution is 5.81. The molecule has 5 rings (SSSR count). The fraction of sp³-hybridized carbons (Fsp3) is 0.217. The first kappa shape index (κ1) is 19.2. The third kappa shape index (κ3) is 4.10. The van der Waals surface area contributed by atoms with Crippen LogP contribution < -0.4 is 10.3 Å². The number of morpholine rings is 1. The van der Waals surface area contributed by atoms with E-state index in [1.165, 1.54) is 5.56 Å². The molecule has 1 fully saturated rings. The number of fused-ring (bicyclic) bond motifs is 1. The zero-order chi connectivity index (χ0) is 21.0. The van der Waals surface area contributed by atoms with Crippen LogP contribution >= 0.6 is 0 Å². The summed E-state index contributed by atoms with van der Waals surface area (Å²) in [4.78, 5) is 11.5. The molecule has 4 aromatic rings. The summed E-state index contributed by atoms with van der Waals surface area (Å²) >= 11 is 0. The number of rotatable bonds is 5. The monoisotopic (exact) mass is 413 g/mol. The number of benzene rings is 1. The van der Waals surface area contributed by atoms with Gasteiger partial charge < -0.3 is 9.64 Å². The molecule has 4 heterocycles. The van der Waals surface area contributed by atoms with Crippen molar-refractivity contribution in [2.75, 3.05) is 36.6 Å². The van der Waals surface area contributed by atoms with Gasteiger partial charge in [-0.2, -0.15) is 14.7 Å². The maximum absolute atomic E-state index is 5.53. The van der Waals surface area contributed by atoms with E-state index in [0.29, 0.717) is 19.0 Å². The minimum absolute atomic E-state index is 0.649. The van der Waals surface area contributed by atoms with E-state index in [0.717, 1.165) is 41.4 Å². The second-order valence-electron chi connectivity index (χ2n) is 7.39. The first-order chi connectivity index (χ1) is 15.3. The van der Waals surface area contributed by atoms with Crippen LogP contribution in [0.5, 0.6) is 0 Å². The lowest BCUT2D eigenvalue weighted by Crippen LogP contribution is -2.37. The molecule has 1 aliphatic heterocycles. The van der Waals surface area contributed by atoms with Crippen LogP contribution in [-0.2, 0) is 4.74 Å². The predicted octanol–water partition coefficient (Wildman–Crippen LogP) is 3.38. The number of pyridine rings is 1. The van der Waals surface area contributed by atoms with Crippen LogP contribution in [0, 0.1) is 6.92 Å². The van der Waals surface area contributed by atoms with Crippen molar-refractivity contribution in [2.24, 2.45) is 5.10 Å². The normalized spacial score (nSPS) is 14.4. The van der Waals surface area contributed by atoms with Gasteiger partial charge in [0.1, 0.15) is 5.82 Å². The van der Waals surface area contributed by atoms with Gasteiger partial charge in [0, 0.05) is 25.4 Å². The number of hydrogen-bond acceptors (Lipinski definition) is 7. The SMILES string of the molecule is Cc1cccc(C=NNc2cc(N3CCOCC3)n3ncc(-c4ccccn4)c3n2)c1. The number of aryl methyl sites for hydroxylation is 1. The first-order valence-corrected chi connectivity index (χ1v) is 10.3. The van der Waals surface area contributed by atoms with E-state index in [1.807, 2.05) is 47.1 Å². The lowest BCUT2D eigenvalue weighted by molar-refractivity contribution is 0.122. The van der Waals surface area contributed by atoms with Crippen molar-refractivity contribution in [1.82, 2.24) is 19.6 Å². The van der Waals surface area contributed by atoms with E-state index in [9.17, 15) is 0 Å². The number of aromatic nitrogens is 4. The fourth-order valence-electron chi connectivity index (χ4n) is 3.65. The van der Waals surface area contributed by atoms with Crippen LogP contribution in [0.1, 0.15) is 11.1 Å². The Morgan fingerprint density at radius 2 is 2.00 bits per heavy atom. The lowest BCUT2D eigenvalue weighted by atomic mass is 10.2. The van der Waals surface area contributed by atoms with E-state index in [4.69, 9.17) is 9.72 Å². The molecule has 0 atom stereocenters. The molecule has 0 saturated carbocycles. The molecule has 8 nitrogen and oxygen atoms in total. The van der Waals surface area contributed by atoms with Crippen LogP contribution in [-0.4, -0.2) is 52.1 Å². The largest absolute Gasteiger partial charge is 0.378 e. The van der Waals surface area contributed by atoms with Gasteiger partial charge in [-0.1, -0.05) is 35.9 Å². The third-order valence-corrected chi connectivity index (χ3v) is 5.16. The number of hydrazone groups is 1. The number of hydrogen-bond donors (Lipinski definition) is 1. The smallest absolute Gasteiger partial charge is 0.169 e. The Morgan fingerprint density at radius 1 is 1.10 bits per heavy atom. The van der Waals surface area contributed by atoms with Gasteiger partial charge in [0.15, 0.2) is 11.5 Å². The van der Waals surface area contributed by atoms with Crippen LogP contribution in [0.2, 0.25) is 0 Å². The second kappa shape index (κ2) is 8.53. The zero-order valence-electron chi connectivity index (χ0n) is 17.3. The minimum atomic E-state index is 0.649. The summed E-state index contributed by atoms with van der Waals surface area (Å²) in [7, 11) is 0. The average molecular weight is 413 g/mol. The Balaban J connectivity index is 1.54. The predicted molar refractivity (Wildman–Crippen MR) is 122 cm³/mol. The van der Waals surface area contributed by atoms with Gasteiger partial charge in [-0.3, -0.25) is 10.4 Å². The van der Waals surface area contributed by atoms with Crippen LogP contribution in [0.4, 0.5) is 11.6 Å². The maximum Gasteiger partial charge on any atom is 0.169 e. The van der Waals surface area contributed by atoms with Gasteiger partial charge >= 0.3 is 0 Å². The van der Waals surface area contributed by atoms with E-state index >= 15 is 0 Å². The number of anilines is 2. The molecule has 0 spiro atoms. The molecule has 156 valence electrons. The molecule has 0 bridgehead atoms. The van der Waals surface area contributed by atoms with Crippen molar-refractivity contribution >= 4 is 23.5 Å². The van der Waals surface area contributed by atoms with Crippen LogP contribution in [0.3, 0.4) is 0 Å². The Bertz CT molecular complexity index is 1210. The maximum atomic E-state index is 5.53. The van der Waals surface area contributed by atoms with Crippen molar-refractivity contribution in [3.8, 4) is 11.3 Å². The molecule has 0 aliphatic carbocycles. The lowest BCUT2D eigenvalue weighted by Gasteiger charge is -2.29. The summed E-state index contributed by atoms with van der Waals surface area (Å²) in [5.74, 6) is 1.60. The molecule has 0 amide bonds. The second-order valence-corrected chi connectivity index (χ2v) is 7.39. The van der Waals surface area contributed by atoms with E-state index in [-0.39, 0.29) is 0 Å². The molecule has 31 heavy (non-hydrogen) atoms. The van der Waals surface area contributed by atoms with E-state index in [1.54, 1.807) is 12.4 Å². The molecular formula is C23H23N7O. The number of ether oxygens (including phenoxy) is 1. The van der Waals surface area contributed by atoms with Gasteiger partial charge in [-0.05, 0) is 24.6 Å². The van der Waals surface area contributed by atoms with Gasteiger partial charge in [0.2, 0.25) is 0 Å². The number of nitrogens with zero attached hydrogens (tertiary/aromatic N) is 6.